The Morgan fingerprint density at radius 2 is 2.20 bits per heavy atom. The normalized spacial score (nSPS) is 13.9. The van der Waals surface area contributed by atoms with Crippen molar-refractivity contribution in [2.45, 2.75) is 40.0 Å². The Bertz CT molecular complexity index is 523. The van der Waals surface area contributed by atoms with Gasteiger partial charge in [0.15, 0.2) is 11.6 Å². The van der Waals surface area contributed by atoms with Crippen LogP contribution in [0.25, 0.3) is 0 Å². The van der Waals surface area contributed by atoms with Crippen molar-refractivity contribution in [1.82, 2.24) is 9.97 Å². The summed E-state index contributed by atoms with van der Waals surface area (Å²) in [5.74, 6) is 2.20. The Morgan fingerprint density at radius 3 is 2.90 bits per heavy atom. The minimum Gasteiger partial charge on any atom is -0.482 e. The van der Waals surface area contributed by atoms with Crippen LogP contribution >= 0.6 is 0 Å². The van der Waals surface area contributed by atoms with Gasteiger partial charge in [-0.2, -0.15) is 0 Å². The topological polar surface area (TPSA) is 59.4 Å². The van der Waals surface area contributed by atoms with Gasteiger partial charge in [0.05, 0.1) is 11.9 Å². The van der Waals surface area contributed by atoms with Crippen LogP contribution in [0, 0.1) is 6.92 Å². The second-order valence-electron chi connectivity index (χ2n) is 4.95. The van der Waals surface area contributed by atoms with Gasteiger partial charge in [0.1, 0.15) is 12.4 Å². The Morgan fingerprint density at radius 1 is 1.35 bits per heavy atom. The van der Waals surface area contributed by atoms with Crippen molar-refractivity contribution in [3.05, 3.63) is 23.8 Å². The van der Waals surface area contributed by atoms with Crippen LogP contribution < -0.4 is 10.1 Å². The van der Waals surface area contributed by atoms with Gasteiger partial charge in [-0.1, -0.05) is 19.4 Å². The highest BCUT2D eigenvalue weighted by Crippen LogP contribution is 2.22. The summed E-state index contributed by atoms with van der Waals surface area (Å²) in [6, 6.07) is 0. The monoisotopic (exact) mass is 274 g/mol. The molecular weight excluding hydrogens is 252 g/mol. The van der Waals surface area contributed by atoms with E-state index in [1.165, 1.54) is 0 Å². The lowest BCUT2D eigenvalue weighted by molar-refractivity contribution is 0.349. The Kier molecular flexibility index (Phi) is 5.09. The van der Waals surface area contributed by atoms with Crippen LogP contribution in [0.5, 0.6) is 5.75 Å². The zero-order valence-electron chi connectivity index (χ0n) is 12.4. The second kappa shape index (κ2) is 7.03. The SMILES string of the molecule is CCCCNc1nc(C)ncc1OCC1=CCC(C)=N1. The fourth-order valence-electron chi connectivity index (χ4n) is 1.92. The van der Waals surface area contributed by atoms with E-state index in [1.54, 1.807) is 6.20 Å². The number of hydrogen-bond donors (Lipinski definition) is 1. The molecule has 0 saturated heterocycles. The van der Waals surface area contributed by atoms with E-state index in [4.69, 9.17) is 4.74 Å². The molecule has 0 bridgehead atoms. The van der Waals surface area contributed by atoms with Crippen LogP contribution in [0.2, 0.25) is 0 Å². The maximum absolute atomic E-state index is 5.79. The molecule has 0 saturated carbocycles. The fourth-order valence-corrected chi connectivity index (χ4v) is 1.92. The van der Waals surface area contributed by atoms with Gasteiger partial charge in [0.2, 0.25) is 0 Å². The van der Waals surface area contributed by atoms with Crippen molar-refractivity contribution in [3.63, 3.8) is 0 Å². The summed E-state index contributed by atoms with van der Waals surface area (Å²) in [7, 11) is 0. The number of aryl methyl sites for hydroxylation is 1. The molecule has 0 aromatic carbocycles. The summed E-state index contributed by atoms with van der Waals surface area (Å²) in [5.41, 5.74) is 2.10. The number of aromatic nitrogens is 2. The number of hydrogen-bond acceptors (Lipinski definition) is 5. The molecule has 5 heteroatoms. The zero-order valence-corrected chi connectivity index (χ0v) is 12.4. The highest BCUT2D eigenvalue weighted by atomic mass is 16.5. The van der Waals surface area contributed by atoms with E-state index >= 15 is 0 Å². The van der Waals surface area contributed by atoms with Gasteiger partial charge in [-0.25, -0.2) is 9.97 Å². The van der Waals surface area contributed by atoms with Crippen molar-refractivity contribution in [1.29, 1.82) is 0 Å². The minimum absolute atomic E-state index is 0.465. The average Bonchev–Trinajstić information content (AvgIpc) is 2.84. The van der Waals surface area contributed by atoms with E-state index in [1.807, 2.05) is 13.8 Å². The molecule has 0 amide bonds. The van der Waals surface area contributed by atoms with Crippen molar-refractivity contribution in [2.75, 3.05) is 18.5 Å². The van der Waals surface area contributed by atoms with Gasteiger partial charge >= 0.3 is 0 Å². The largest absolute Gasteiger partial charge is 0.482 e. The number of aliphatic imine (C=N–C) groups is 1. The maximum Gasteiger partial charge on any atom is 0.180 e. The molecule has 20 heavy (non-hydrogen) atoms. The maximum atomic E-state index is 5.79. The highest BCUT2D eigenvalue weighted by Gasteiger charge is 2.09. The molecule has 1 N–H and O–H groups in total. The van der Waals surface area contributed by atoms with Gasteiger partial charge in [-0.3, -0.25) is 4.99 Å². The zero-order chi connectivity index (χ0) is 14.4. The first kappa shape index (κ1) is 14.5. The molecule has 0 unspecified atom stereocenters. The molecule has 0 atom stereocenters. The summed E-state index contributed by atoms with van der Waals surface area (Å²) < 4.78 is 5.79. The molecule has 5 nitrogen and oxygen atoms in total. The number of ether oxygens (including phenoxy) is 1. The second-order valence-corrected chi connectivity index (χ2v) is 4.95. The molecule has 0 fully saturated rings. The van der Waals surface area contributed by atoms with E-state index in [9.17, 15) is 0 Å². The minimum atomic E-state index is 0.465. The van der Waals surface area contributed by atoms with Crippen molar-refractivity contribution < 1.29 is 4.74 Å². The molecule has 1 aromatic rings. The van der Waals surface area contributed by atoms with Crippen molar-refractivity contribution in [2.24, 2.45) is 4.99 Å². The molecule has 0 aliphatic carbocycles. The third kappa shape index (κ3) is 4.05. The highest BCUT2D eigenvalue weighted by molar-refractivity contribution is 5.86. The molecule has 2 rings (SSSR count). The van der Waals surface area contributed by atoms with Crippen molar-refractivity contribution >= 4 is 11.5 Å². The molecule has 1 aromatic heterocycles. The predicted molar refractivity (Wildman–Crippen MR) is 81.5 cm³/mol. The Balaban J connectivity index is 1.99. The Hall–Kier alpha value is -1.91. The van der Waals surface area contributed by atoms with E-state index in [0.717, 1.165) is 48.9 Å². The third-order valence-corrected chi connectivity index (χ3v) is 3.04. The predicted octanol–water partition coefficient (Wildman–Crippen LogP) is 3.12. The molecule has 1 aliphatic rings. The van der Waals surface area contributed by atoms with Crippen LogP contribution in [0.4, 0.5) is 5.82 Å². The lowest BCUT2D eigenvalue weighted by atomic mass is 10.3. The molecule has 0 radical (unpaired) electrons. The first-order valence-corrected chi connectivity index (χ1v) is 7.12. The van der Waals surface area contributed by atoms with Gasteiger partial charge in [0, 0.05) is 18.7 Å². The summed E-state index contributed by atoms with van der Waals surface area (Å²) >= 11 is 0. The molecular formula is C15H22N4O. The fraction of sp³-hybridized carbons (Fsp3) is 0.533. The average molecular weight is 274 g/mol. The number of rotatable bonds is 7. The van der Waals surface area contributed by atoms with Gasteiger partial charge < -0.3 is 10.1 Å². The summed E-state index contributed by atoms with van der Waals surface area (Å²) in [6.45, 7) is 7.42. The summed E-state index contributed by atoms with van der Waals surface area (Å²) in [6.07, 6.45) is 6.99. The quantitative estimate of drug-likeness (QED) is 0.776. The van der Waals surface area contributed by atoms with E-state index in [-0.39, 0.29) is 0 Å². The number of nitrogens with zero attached hydrogens (tertiary/aromatic N) is 3. The van der Waals surface area contributed by atoms with Crippen molar-refractivity contribution in [3.8, 4) is 5.75 Å². The standard InChI is InChI=1S/C15H22N4O/c1-4-5-8-16-15-14(9-17-12(3)19-15)20-10-13-7-6-11(2)18-13/h7,9H,4-6,8,10H2,1-3H3,(H,16,17,19). The number of unbranched alkanes of at least 4 members (excludes halogenated alkanes) is 1. The van der Waals surface area contributed by atoms with Crippen LogP contribution in [0.3, 0.4) is 0 Å². The Labute approximate surface area is 120 Å². The van der Waals surface area contributed by atoms with Gasteiger partial charge in [-0.05, 0) is 20.3 Å². The van der Waals surface area contributed by atoms with E-state index in [2.05, 4.69) is 33.3 Å². The molecule has 2 heterocycles. The molecule has 0 spiro atoms. The summed E-state index contributed by atoms with van der Waals surface area (Å²) in [5, 5.41) is 3.31. The number of nitrogens with one attached hydrogen (secondary N) is 1. The lowest BCUT2D eigenvalue weighted by Crippen LogP contribution is -2.08. The van der Waals surface area contributed by atoms with Crippen LogP contribution in [0.15, 0.2) is 23.0 Å². The number of allylic oxidation sites excluding steroid dienone is 1. The van der Waals surface area contributed by atoms with E-state index in [0.29, 0.717) is 12.4 Å². The first-order valence-electron chi connectivity index (χ1n) is 7.12. The lowest BCUT2D eigenvalue weighted by Gasteiger charge is -2.12. The first-order chi connectivity index (χ1) is 9.69. The number of anilines is 1. The molecule has 108 valence electrons. The van der Waals surface area contributed by atoms with Crippen LogP contribution in [-0.4, -0.2) is 28.8 Å². The van der Waals surface area contributed by atoms with Crippen LogP contribution in [-0.2, 0) is 0 Å². The smallest absolute Gasteiger partial charge is 0.180 e. The van der Waals surface area contributed by atoms with Gasteiger partial charge in [-0.15, -0.1) is 0 Å². The molecule has 1 aliphatic heterocycles. The summed E-state index contributed by atoms with van der Waals surface area (Å²) in [4.78, 5) is 13.0. The van der Waals surface area contributed by atoms with E-state index < -0.39 is 0 Å². The van der Waals surface area contributed by atoms with Crippen LogP contribution in [0.1, 0.15) is 38.9 Å². The third-order valence-electron chi connectivity index (χ3n) is 3.04. The van der Waals surface area contributed by atoms with Gasteiger partial charge in [0.25, 0.3) is 0 Å².